The summed E-state index contributed by atoms with van der Waals surface area (Å²) in [5.74, 6) is -6.05. The molecule has 0 aromatic heterocycles. The molecule has 9 heteroatoms. The van der Waals surface area contributed by atoms with Gasteiger partial charge >= 0.3 is 6.03 Å². The molecule has 4 amide bonds. The number of carbonyl (C=O) groups is 3. The van der Waals surface area contributed by atoms with Gasteiger partial charge in [0, 0.05) is 6.54 Å². The third-order valence-electron chi connectivity index (χ3n) is 4.27. The van der Waals surface area contributed by atoms with Gasteiger partial charge < -0.3 is 10.6 Å². The molecule has 0 bridgehead atoms. The second-order valence-corrected chi connectivity index (χ2v) is 6.20. The minimum Gasteiger partial charge on any atom is -0.325 e. The largest absolute Gasteiger partial charge is 0.325 e. The van der Waals surface area contributed by atoms with Crippen LogP contribution in [0.5, 0.6) is 0 Å². The summed E-state index contributed by atoms with van der Waals surface area (Å²) in [4.78, 5) is 37.4. The van der Waals surface area contributed by atoms with Gasteiger partial charge in [-0.25, -0.2) is 18.0 Å². The second-order valence-electron chi connectivity index (χ2n) is 6.20. The fraction of sp³-hybridized carbons (Fsp3) is 0.211. The standard InChI is InChI=1S/C19H16F3N3O3/c20-12-6-7-13(17(22)16(12)21)23-15(26)10-14-18(27)25(19(28)24-14)9-8-11-4-2-1-3-5-11/h1-7,14H,8-10H2,(H,23,26)(H,24,28)/t14-/m0/s1. The van der Waals surface area contributed by atoms with Crippen molar-refractivity contribution in [2.45, 2.75) is 18.9 Å². The molecule has 3 rings (SSSR count). The fourth-order valence-electron chi connectivity index (χ4n) is 2.82. The van der Waals surface area contributed by atoms with Crippen LogP contribution < -0.4 is 10.6 Å². The van der Waals surface area contributed by atoms with Gasteiger partial charge in [0.05, 0.1) is 12.1 Å². The van der Waals surface area contributed by atoms with Crippen LogP contribution in [0, 0.1) is 17.5 Å². The molecule has 1 atom stereocenters. The molecule has 6 nitrogen and oxygen atoms in total. The van der Waals surface area contributed by atoms with E-state index < -0.39 is 53.4 Å². The van der Waals surface area contributed by atoms with E-state index in [2.05, 4.69) is 10.6 Å². The van der Waals surface area contributed by atoms with Crippen molar-refractivity contribution in [3.8, 4) is 0 Å². The maximum atomic E-state index is 13.6. The van der Waals surface area contributed by atoms with E-state index in [1.54, 1.807) is 0 Å². The minimum atomic E-state index is -1.71. The summed E-state index contributed by atoms with van der Waals surface area (Å²) in [6, 6.07) is 9.04. The summed E-state index contributed by atoms with van der Waals surface area (Å²) in [6.45, 7) is 0.143. The molecule has 0 radical (unpaired) electrons. The molecule has 2 N–H and O–H groups in total. The van der Waals surface area contributed by atoms with Gasteiger partial charge in [0.2, 0.25) is 5.91 Å². The first kappa shape index (κ1) is 19.4. The zero-order valence-corrected chi connectivity index (χ0v) is 14.5. The van der Waals surface area contributed by atoms with E-state index in [-0.39, 0.29) is 6.54 Å². The number of halogens is 3. The van der Waals surface area contributed by atoms with E-state index >= 15 is 0 Å². The monoisotopic (exact) mass is 391 g/mol. The van der Waals surface area contributed by atoms with E-state index in [1.165, 1.54) is 0 Å². The number of carbonyl (C=O) groups excluding carboxylic acids is 3. The summed E-state index contributed by atoms with van der Waals surface area (Å²) in [5.41, 5.74) is 0.389. The van der Waals surface area contributed by atoms with Crippen LogP contribution in [-0.2, 0) is 16.0 Å². The van der Waals surface area contributed by atoms with Crippen LogP contribution in [0.3, 0.4) is 0 Å². The molecule has 0 saturated carbocycles. The van der Waals surface area contributed by atoms with Crippen molar-refractivity contribution in [2.24, 2.45) is 0 Å². The topological polar surface area (TPSA) is 78.5 Å². The van der Waals surface area contributed by atoms with Gasteiger partial charge in [-0.1, -0.05) is 30.3 Å². The summed E-state index contributed by atoms with van der Waals surface area (Å²) in [6.07, 6.45) is -0.0101. The van der Waals surface area contributed by atoms with E-state index in [9.17, 15) is 27.6 Å². The van der Waals surface area contributed by atoms with Crippen molar-refractivity contribution >= 4 is 23.5 Å². The molecule has 1 heterocycles. The van der Waals surface area contributed by atoms with Crippen molar-refractivity contribution < 1.29 is 27.6 Å². The van der Waals surface area contributed by atoms with Crippen LogP contribution in [0.15, 0.2) is 42.5 Å². The average Bonchev–Trinajstić information content (AvgIpc) is 2.94. The van der Waals surface area contributed by atoms with Gasteiger partial charge in [-0.05, 0) is 24.1 Å². The predicted molar refractivity (Wildman–Crippen MR) is 93.7 cm³/mol. The van der Waals surface area contributed by atoms with Crippen molar-refractivity contribution in [1.82, 2.24) is 10.2 Å². The van der Waals surface area contributed by atoms with Crippen molar-refractivity contribution in [1.29, 1.82) is 0 Å². The van der Waals surface area contributed by atoms with Gasteiger partial charge in [0.1, 0.15) is 6.04 Å². The van der Waals surface area contributed by atoms with Crippen molar-refractivity contribution in [2.75, 3.05) is 11.9 Å². The van der Waals surface area contributed by atoms with Gasteiger partial charge in [0.25, 0.3) is 5.91 Å². The number of hydrogen-bond acceptors (Lipinski definition) is 3. The van der Waals surface area contributed by atoms with Crippen LogP contribution in [-0.4, -0.2) is 35.3 Å². The molecule has 0 spiro atoms. The van der Waals surface area contributed by atoms with E-state index in [0.29, 0.717) is 12.5 Å². The normalized spacial score (nSPS) is 16.2. The molecule has 28 heavy (non-hydrogen) atoms. The maximum Gasteiger partial charge on any atom is 0.324 e. The highest BCUT2D eigenvalue weighted by atomic mass is 19.2. The molecule has 1 saturated heterocycles. The highest BCUT2D eigenvalue weighted by Gasteiger charge is 2.38. The number of amides is 4. The Morgan fingerprint density at radius 2 is 1.75 bits per heavy atom. The van der Waals surface area contributed by atoms with Crippen LogP contribution >= 0.6 is 0 Å². The lowest BCUT2D eigenvalue weighted by Gasteiger charge is -2.13. The molecule has 146 valence electrons. The SMILES string of the molecule is O=C(C[C@@H]1NC(=O)N(CCc2ccccc2)C1=O)Nc1ccc(F)c(F)c1F. The molecule has 2 aromatic rings. The first-order chi connectivity index (χ1) is 13.4. The highest BCUT2D eigenvalue weighted by molar-refractivity contribution is 6.06. The third kappa shape index (κ3) is 4.13. The Morgan fingerprint density at radius 1 is 1.04 bits per heavy atom. The molecule has 1 fully saturated rings. The second kappa shape index (κ2) is 8.12. The number of imide groups is 1. The molecule has 1 aliphatic rings. The van der Waals surface area contributed by atoms with Crippen molar-refractivity contribution in [3.63, 3.8) is 0 Å². The first-order valence-electron chi connectivity index (χ1n) is 8.46. The number of anilines is 1. The number of benzene rings is 2. The van der Waals surface area contributed by atoms with Gasteiger partial charge in [-0.2, -0.15) is 0 Å². The number of nitrogens with zero attached hydrogens (tertiary/aromatic N) is 1. The predicted octanol–water partition coefficient (Wildman–Crippen LogP) is 2.60. The lowest BCUT2D eigenvalue weighted by molar-refractivity contribution is -0.129. The van der Waals surface area contributed by atoms with Crippen LogP contribution in [0.4, 0.5) is 23.7 Å². The summed E-state index contributed by atoms with van der Waals surface area (Å²) >= 11 is 0. The summed E-state index contributed by atoms with van der Waals surface area (Å²) < 4.78 is 39.8. The highest BCUT2D eigenvalue weighted by Crippen LogP contribution is 2.20. The molecular weight excluding hydrogens is 375 g/mol. The van der Waals surface area contributed by atoms with Gasteiger partial charge in [-0.3, -0.25) is 14.5 Å². The Morgan fingerprint density at radius 3 is 2.46 bits per heavy atom. The van der Waals surface area contributed by atoms with Gasteiger partial charge in [-0.15, -0.1) is 0 Å². The van der Waals surface area contributed by atoms with Crippen LogP contribution in [0.1, 0.15) is 12.0 Å². The Labute approximate surface area is 158 Å². The number of hydrogen-bond donors (Lipinski definition) is 2. The molecular formula is C19H16F3N3O3. The molecule has 0 unspecified atom stereocenters. The third-order valence-corrected chi connectivity index (χ3v) is 4.27. The minimum absolute atomic E-state index is 0.143. The molecule has 0 aliphatic carbocycles. The quantitative estimate of drug-likeness (QED) is 0.587. The average molecular weight is 391 g/mol. The number of rotatable bonds is 6. The lowest BCUT2D eigenvalue weighted by atomic mass is 10.1. The number of urea groups is 1. The van der Waals surface area contributed by atoms with E-state index in [0.717, 1.165) is 16.5 Å². The van der Waals surface area contributed by atoms with Gasteiger partial charge in [0.15, 0.2) is 17.5 Å². The zero-order valence-electron chi connectivity index (χ0n) is 14.5. The van der Waals surface area contributed by atoms with E-state index in [1.807, 2.05) is 30.3 Å². The molecule has 2 aromatic carbocycles. The maximum absolute atomic E-state index is 13.6. The Balaban J connectivity index is 1.59. The fourth-order valence-corrected chi connectivity index (χ4v) is 2.82. The Hall–Kier alpha value is -3.36. The summed E-state index contributed by atoms with van der Waals surface area (Å²) in [5, 5.41) is 4.46. The zero-order chi connectivity index (χ0) is 20.3. The number of nitrogens with one attached hydrogen (secondary N) is 2. The Bertz CT molecular complexity index is 921. The Kier molecular flexibility index (Phi) is 5.62. The van der Waals surface area contributed by atoms with Crippen LogP contribution in [0.2, 0.25) is 0 Å². The smallest absolute Gasteiger partial charge is 0.324 e. The lowest BCUT2D eigenvalue weighted by Crippen LogP contribution is -2.35. The van der Waals surface area contributed by atoms with Crippen molar-refractivity contribution in [3.05, 3.63) is 65.5 Å². The summed E-state index contributed by atoms with van der Waals surface area (Å²) in [7, 11) is 0. The first-order valence-corrected chi connectivity index (χ1v) is 8.46. The van der Waals surface area contributed by atoms with E-state index in [4.69, 9.17) is 0 Å². The van der Waals surface area contributed by atoms with Crippen LogP contribution in [0.25, 0.3) is 0 Å². The molecule has 1 aliphatic heterocycles.